The number of nitrogens with one attached hydrogen (secondary N) is 2. The van der Waals surface area contributed by atoms with E-state index in [-0.39, 0.29) is 10.3 Å². The predicted molar refractivity (Wildman–Crippen MR) is 64.3 cm³/mol. The Morgan fingerprint density at radius 1 is 1.60 bits per heavy atom. The third kappa shape index (κ3) is 3.98. The summed E-state index contributed by atoms with van der Waals surface area (Å²) < 4.78 is 0.645. The van der Waals surface area contributed by atoms with Gasteiger partial charge in [0.15, 0.2) is 5.11 Å². The second-order valence-electron chi connectivity index (χ2n) is 2.35. The highest BCUT2D eigenvalue weighted by molar-refractivity contribution is 9.10. The molecule has 0 unspecified atom stereocenters. The number of carboxylic acid groups (broad SMARTS) is 1. The van der Waals surface area contributed by atoms with Crippen LogP contribution in [0.4, 0.5) is 10.6 Å². The molecule has 3 N–H and O–H groups in total. The van der Waals surface area contributed by atoms with Crippen LogP contribution in [0.15, 0.2) is 16.6 Å². The number of hydrogen-bond donors (Lipinski definition) is 3. The van der Waals surface area contributed by atoms with Gasteiger partial charge in [0, 0.05) is 0 Å². The molecule has 0 fully saturated rings. The van der Waals surface area contributed by atoms with E-state index in [0.717, 1.165) is 0 Å². The molecule has 1 aromatic heterocycles. The summed E-state index contributed by atoms with van der Waals surface area (Å²) in [7, 11) is 0. The lowest BCUT2D eigenvalue weighted by Crippen LogP contribution is -2.32. The van der Waals surface area contributed by atoms with Gasteiger partial charge in [-0.1, -0.05) is 11.6 Å². The van der Waals surface area contributed by atoms with Crippen molar-refractivity contribution in [1.82, 2.24) is 10.3 Å². The fraction of sp³-hybridized carbons (Fsp3) is 0. The number of carbonyl (C=O) groups is 1. The van der Waals surface area contributed by atoms with Crippen LogP contribution in [0.25, 0.3) is 0 Å². The fourth-order valence-electron chi connectivity index (χ4n) is 0.732. The van der Waals surface area contributed by atoms with Crippen molar-refractivity contribution < 1.29 is 9.90 Å². The highest BCUT2D eigenvalue weighted by Gasteiger charge is 2.04. The average molecular weight is 311 g/mol. The quantitative estimate of drug-likeness (QED) is 0.549. The van der Waals surface area contributed by atoms with Gasteiger partial charge in [0.1, 0.15) is 11.0 Å². The van der Waals surface area contributed by atoms with Crippen molar-refractivity contribution in [3.05, 3.63) is 21.8 Å². The molecular weight excluding hydrogens is 306 g/mol. The lowest BCUT2D eigenvalue weighted by atomic mass is 10.5. The SMILES string of the molecule is O=C(O)NC(=S)Nc1ccc(Br)c(Cl)n1. The third-order valence-corrected chi connectivity index (χ3v) is 2.63. The topological polar surface area (TPSA) is 74.2 Å². The normalized spacial score (nSPS) is 9.47. The van der Waals surface area contributed by atoms with E-state index >= 15 is 0 Å². The largest absolute Gasteiger partial charge is 0.465 e. The smallest absolute Gasteiger partial charge is 0.410 e. The van der Waals surface area contributed by atoms with Gasteiger partial charge in [0.25, 0.3) is 0 Å². The first-order valence-corrected chi connectivity index (χ1v) is 5.20. The van der Waals surface area contributed by atoms with Crippen molar-refractivity contribution >= 4 is 56.8 Å². The van der Waals surface area contributed by atoms with Gasteiger partial charge in [0.05, 0.1) is 4.47 Å². The van der Waals surface area contributed by atoms with Crippen LogP contribution in [0.5, 0.6) is 0 Å². The van der Waals surface area contributed by atoms with E-state index in [2.05, 4.69) is 26.2 Å². The van der Waals surface area contributed by atoms with Crippen LogP contribution in [-0.4, -0.2) is 21.3 Å². The number of halogens is 2. The first-order chi connectivity index (χ1) is 6.99. The standard InChI is InChI=1S/C7H5BrClN3O2S/c8-3-1-2-4(10-5(3)9)11-6(15)12-7(13)14/h1-2H,(H,13,14)(H2,10,11,12,15). The van der Waals surface area contributed by atoms with E-state index in [0.29, 0.717) is 10.3 Å². The van der Waals surface area contributed by atoms with Gasteiger partial charge in [0.2, 0.25) is 0 Å². The Kier molecular flexibility index (Phi) is 4.25. The van der Waals surface area contributed by atoms with Gasteiger partial charge in [-0.3, -0.25) is 5.32 Å². The molecule has 5 nitrogen and oxygen atoms in total. The summed E-state index contributed by atoms with van der Waals surface area (Å²) in [6.45, 7) is 0. The summed E-state index contributed by atoms with van der Waals surface area (Å²) >= 11 is 13.6. The van der Waals surface area contributed by atoms with Gasteiger partial charge in [-0.2, -0.15) is 0 Å². The molecule has 1 rings (SSSR count). The summed E-state index contributed by atoms with van der Waals surface area (Å²) in [4.78, 5) is 14.1. The maximum atomic E-state index is 10.2. The van der Waals surface area contributed by atoms with Crippen LogP contribution in [0.3, 0.4) is 0 Å². The second-order valence-corrected chi connectivity index (χ2v) is 3.97. The summed E-state index contributed by atoms with van der Waals surface area (Å²) in [5, 5.41) is 13.1. The molecule has 8 heteroatoms. The fourth-order valence-corrected chi connectivity index (χ4v) is 1.30. The molecule has 1 heterocycles. The first-order valence-electron chi connectivity index (χ1n) is 3.62. The number of pyridine rings is 1. The van der Waals surface area contributed by atoms with Crippen molar-refractivity contribution in [1.29, 1.82) is 0 Å². The zero-order chi connectivity index (χ0) is 11.4. The highest BCUT2D eigenvalue weighted by atomic mass is 79.9. The molecule has 0 radical (unpaired) electrons. The van der Waals surface area contributed by atoms with E-state index in [4.69, 9.17) is 28.9 Å². The van der Waals surface area contributed by atoms with E-state index in [1.54, 1.807) is 12.1 Å². The zero-order valence-electron chi connectivity index (χ0n) is 7.12. The number of rotatable bonds is 1. The Hall–Kier alpha value is -0.920. The van der Waals surface area contributed by atoms with Crippen molar-refractivity contribution in [3.8, 4) is 0 Å². The summed E-state index contributed by atoms with van der Waals surface area (Å²) in [6, 6.07) is 3.27. The van der Waals surface area contributed by atoms with E-state index in [9.17, 15) is 4.79 Å². The molecular formula is C7H5BrClN3O2S. The van der Waals surface area contributed by atoms with Gasteiger partial charge in [-0.25, -0.2) is 9.78 Å². The number of thiocarbonyl (C=S) groups is 1. The first kappa shape index (κ1) is 12.2. The van der Waals surface area contributed by atoms with Crippen LogP contribution in [-0.2, 0) is 0 Å². The lowest BCUT2D eigenvalue weighted by molar-refractivity contribution is 0.200. The molecule has 1 aromatic rings. The van der Waals surface area contributed by atoms with E-state index < -0.39 is 6.09 Å². The average Bonchev–Trinajstić information content (AvgIpc) is 2.10. The molecule has 0 saturated carbocycles. The Bertz CT molecular complexity index is 415. The van der Waals surface area contributed by atoms with E-state index in [1.807, 2.05) is 5.32 Å². The maximum absolute atomic E-state index is 10.2. The van der Waals surface area contributed by atoms with Gasteiger partial charge in [-0.05, 0) is 40.3 Å². The second kappa shape index (κ2) is 5.24. The molecule has 80 valence electrons. The zero-order valence-corrected chi connectivity index (χ0v) is 10.3. The molecule has 1 amide bonds. The number of amides is 1. The molecule has 0 bridgehead atoms. The maximum Gasteiger partial charge on any atom is 0.410 e. The van der Waals surface area contributed by atoms with Crippen molar-refractivity contribution in [3.63, 3.8) is 0 Å². The molecule has 0 aliphatic carbocycles. The third-order valence-electron chi connectivity index (χ3n) is 1.27. The Labute approximate surface area is 104 Å². The molecule has 0 aromatic carbocycles. The van der Waals surface area contributed by atoms with Crippen LogP contribution in [0, 0.1) is 0 Å². The van der Waals surface area contributed by atoms with Gasteiger partial charge in [-0.15, -0.1) is 0 Å². The molecule has 0 aliphatic rings. The summed E-state index contributed by atoms with van der Waals surface area (Å²) in [5.41, 5.74) is 0. The van der Waals surface area contributed by atoms with Crippen molar-refractivity contribution in [2.75, 3.05) is 5.32 Å². The molecule has 0 spiro atoms. The lowest BCUT2D eigenvalue weighted by Gasteiger charge is -2.06. The van der Waals surface area contributed by atoms with Gasteiger partial charge < -0.3 is 10.4 Å². The number of anilines is 1. The molecule has 0 saturated heterocycles. The Morgan fingerprint density at radius 3 is 2.80 bits per heavy atom. The highest BCUT2D eigenvalue weighted by Crippen LogP contribution is 2.21. The van der Waals surface area contributed by atoms with Crippen LogP contribution >= 0.6 is 39.7 Å². The number of nitrogens with zero attached hydrogens (tertiary/aromatic N) is 1. The minimum absolute atomic E-state index is 0.0617. The Morgan fingerprint density at radius 2 is 2.27 bits per heavy atom. The van der Waals surface area contributed by atoms with E-state index in [1.165, 1.54) is 0 Å². The summed E-state index contributed by atoms with van der Waals surface area (Å²) in [6.07, 6.45) is -1.24. The molecule has 15 heavy (non-hydrogen) atoms. The van der Waals surface area contributed by atoms with Crippen molar-refractivity contribution in [2.45, 2.75) is 0 Å². The van der Waals surface area contributed by atoms with Crippen LogP contribution in [0.1, 0.15) is 0 Å². The van der Waals surface area contributed by atoms with Crippen LogP contribution < -0.4 is 10.6 Å². The minimum atomic E-state index is -1.24. The molecule has 0 atom stereocenters. The summed E-state index contributed by atoms with van der Waals surface area (Å²) in [5.74, 6) is 0.363. The van der Waals surface area contributed by atoms with Crippen LogP contribution in [0.2, 0.25) is 5.15 Å². The van der Waals surface area contributed by atoms with Crippen molar-refractivity contribution in [2.24, 2.45) is 0 Å². The Balaban J connectivity index is 2.69. The van der Waals surface area contributed by atoms with Gasteiger partial charge >= 0.3 is 6.09 Å². The monoisotopic (exact) mass is 309 g/mol. The molecule has 0 aliphatic heterocycles. The predicted octanol–water partition coefficient (Wildman–Crippen LogP) is 2.46. The minimum Gasteiger partial charge on any atom is -0.465 e. The number of aromatic nitrogens is 1. The number of hydrogen-bond acceptors (Lipinski definition) is 3.